The Hall–Kier alpha value is -1.34. The molecule has 17 heavy (non-hydrogen) atoms. The highest BCUT2D eigenvalue weighted by Gasteiger charge is 2.39. The minimum Gasteiger partial charge on any atom is -0.480 e. The molecule has 2 heterocycles. The summed E-state index contributed by atoms with van der Waals surface area (Å²) >= 11 is 3.06. The van der Waals surface area contributed by atoms with E-state index in [1.54, 1.807) is 0 Å². The van der Waals surface area contributed by atoms with Crippen LogP contribution in [0, 0.1) is 0 Å². The number of halogens is 1. The Morgan fingerprint density at radius 2 is 2.24 bits per heavy atom. The third kappa shape index (κ3) is 2.20. The Labute approximate surface area is 105 Å². The minimum atomic E-state index is -1.12. The maximum absolute atomic E-state index is 12.1. The van der Waals surface area contributed by atoms with Crippen LogP contribution in [0.4, 0.5) is 0 Å². The molecule has 1 saturated heterocycles. The molecule has 1 fully saturated rings. The molecule has 1 aromatic rings. The lowest BCUT2D eigenvalue weighted by atomic mass is 10.2. The van der Waals surface area contributed by atoms with Crippen LogP contribution >= 0.6 is 15.9 Å². The number of carbonyl (C=O) groups is 2. The molecule has 1 amide bonds. The third-order valence-corrected chi connectivity index (χ3v) is 3.29. The third-order valence-electron chi connectivity index (χ3n) is 2.67. The number of carbonyl (C=O) groups excluding carboxylic acids is 1. The van der Waals surface area contributed by atoms with Crippen LogP contribution in [0.25, 0.3) is 0 Å². The van der Waals surface area contributed by atoms with Crippen molar-refractivity contribution in [2.45, 2.75) is 18.6 Å². The van der Waals surface area contributed by atoms with Gasteiger partial charge in [0.25, 0.3) is 5.91 Å². The Balaban J connectivity index is 2.25. The summed E-state index contributed by atoms with van der Waals surface area (Å²) in [5.41, 5.74) is 0.255. The van der Waals surface area contributed by atoms with Gasteiger partial charge in [-0.2, -0.15) is 0 Å². The average molecular weight is 304 g/mol. The van der Waals surface area contributed by atoms with Crippen LogP contribution in [0.2, 0.25) is 0 Å². The number of aliphatic hydroxyl groups excluding tert-OH is 1. The molecule has 1 aliphatic rings. The second-order valence-electron chi connectivity index (χ2n) is 3.81. The number of aliphatic hydroxyl groups is 1. The second kappa shape index (κ2) is 4.50. The van der Waals surface area contributed by atoms with Crippen molar-refractivity contribution in [1.82, 2.24) is 4.90 Å². The Morgan fingerprint density at radius 1 is 1.53 bits per heavy atom. The Kier molecular flexibility index (Phi) is 3.21. The Morgan fingerprint density at radius 3 is 2.76 bits per heavy atom. The van der Waals surface area contributed by atoms with E-state index >= 15 is 0 Å². The molecule has 6 nitrogen and oxygen atoms in total. The quantitative estimate of drug-likeness (QED) is 0.839. The average Bonchev–Trinajstić information content (AvgIpc) is 2.83. The predicted octanol–water partition coefficient (Wildman–Crippen LogP) is 0.702. The summed E-state index contributed by atoms with van der Waals surface area (Å²) < 4.78 is 5.18. The van der Waals surface area contributed by atoms with Crippen molar-refractivity contribution in [2.24, 2.45) is 0 Å². The summed E-state index contributed by atoms with van der Waals surface area (Å²) in [6.07, 6.45) is 0.585. The van der Waals surface area contributed by atoms with Crippen molar-refractivity contribution in [3.8, 4) is 0 Å². The van der Waals surface area contributed by atoms with Gasteiger partial charge in [0, 0.05) is 13.0 Å². The molecule has 7 heteroatoms. The lowest BCUT2D eigenvalue weighted by molar-refractivity contribution is -0.141. The van der Waals surface area contributed by atoms with Gasteiger partial charge in [0.1, 0.15) is 6.04 Å². The number of nitrogens with zero attached hydrogens (tertiary/aromatic N) is 1. The van der Waals surface area contributed by atoms with Crippen LogP contribution in [0.5, 0.6) is 0 Å². The summed E-state index contributed by atoms with van der Waals surface area (Å²) in [6, 6.07) is 0.468. The molecule has 0 saturated carbocycles. The first kappa shape index (κ1) is 12.1. The molecule has 1 aliphatic heterocycles. The highest BCUT2D eigenvalue weighted by molar-refractivity contribution is 9.10. The molecule has 1 aromatic heterocycles. The van der Waals surface area contributed by atoms with Gasteiger partial charge in [-0.3, -0.25) is 4.79 Å². The van der Waals surface area contributed by atoms with E-state index in [4.69, 9.17) is 9.52 Å². The van der Waals surface area contributed by atoms with Gasteiger partial charge in [0.2, 0.25) is 0 Å². The molecule has 0 bridgehead atoms. The first-order valence-corrected chi connectivity index (χ1v) is 5.75. The van der Waals surface area contributed by atoms with Crippen molar-refractivity contribution < 1.29 is 24.2 Å². The lowest BCUT2D eigenvalue weighted by Gasteiger charge is -2.20. The maximum atomic E-state index is 12.1. The molecule has 0 aromatic carbocycles. The van der Waals surface area contributed by atoms with E-state index < -0.39 is 24.0 Å². The van der Waals surface area contributed by atoms with E-state index in [2.05, 4.69) is 15.9 Å². The monoisotopic (exact) mass is 303 g/mol. The number of hydrogen-bond acceptors (Lipinski definition) is 4. The number of aliphatic carboxylic acids is 1. The van der Waals surface area contributed by atoms with Gasteiger partial charge in [-0.05, 0) is 22.0 Å². The predicted molar refractivity (Wildman–Crippen MR) is 59.5 cm³/mol. The fourth-order valence-electron chi connectivity index (χ4n) is 1.87. The zero-order valence-electron chi connectivity index (χ0n) is 8.67. The molecule has 2 rings (SSSR count). The number of furan rings is 1. The number of carboxylic acids is 1. The van der Waals surface area contributed by atoms with Crippen LogP contribution in [0.3, 0.4) is 0 Å². The van der Waals surface area contributed by atoms with E-state index in [1.165, 1.54) is 12.3 Å². The topological polar surface area (TPSA) is 91.0 Å². The van der Waals surface area contributed by atoms with Gasteiger partial charge < -0.3 is 19.5 Å². The Bertz CT molecular complexity index is 457. The van der Waals surface area contributed by atoms with E-state index in [1.807, 2.05) is 0 Å². The molecule has 2 atom stereocenters. The van der Waals surface area contributed by atoms with Crippen molar-refractivity contribution in [2.75, 3.05) is 6.54 Å². The SMILES string of the molecule is O=C(O)[C@@H]1CC(O)CN1C(=O)c1ccoc1Br. The smallest absolute Gasteiger partial charge is 0.326 e. The lowest BCUT2D eigenvalue weighted by Crippen LogP contribution is -2.40. The van der Waals surface area contributed by atoms with Crippen LogP contribution in [0.15, 0.2) is 21.4 Å². The highest BCUT2D eigenvalue weighted by Crippen LogP contribution is 2.25. The van der Waals surface area contributed by atoms with Gasteiger partial charge in [-0.25, -0.2) is 4.79 Å². The number of hydrogen-bond donors (Lipinski definition) is 2. The van der Waals surface area contributed by atoms with Gasteiger partial charge in [-0.15, -0.1) is 0 Å². The molecular weight excluding hydrogens is 294 g/mol. The summed E-state index contributed by atoms with van der Waals surface area (Å²) in [7, 11) is 0. The second-order valence-corrected chi connectivity index (χ2v) is 4.53. The van der Waals surface area contributed by atoms with Crippen LogP contribution < -0.4 is 0 Å². The largest absolute Gasteiger partial charge is 0.480 e. The molecule has 92 valence electrons. The van der Waals surface area contributed by atoms with Crippen molar-refractivity contribution in [3.05, 3.63) is 22.6 Å². The molecule has 1 unspecified atom stereocenters. The first-order chi connectivity index (χ1) is 8.00. The molecule has 0 radical (unpaired) electrons. The normalized spacial score (nSPS) is 24.0. The summed E-state index contributed by atoms with van der Waals surface area (Å²) in [6.45, 7) is 0.0212. The minimum absolute atomic E-state index is 0.0212. The standard InChI is InChI=1S/C10H10BrNO5/c11-8-6(1-2-17-8)9(14)12-4-5(13)3-7(12)10(15)16/h1-2,5,7,13H,3-4H2,(H,15,16)/t5?,7-/m0/s1. The van der Waals surface area contributed by atoms with E-state index in [-0.39, 0.29) is 23.2 Å². The molecule has 0 spiro atoms. The van der Waals surface area contributed by atoms with Gasteiger partial charge in [0.05, 0.1) is 17.9 Å². The van der Waals surface area contributed by atoms with Crippen molar-refractivity contribution in [1.29, 1.82) is 0 Å². The molecule has 2 N–H and O–H groups in total. The highest BCUT2D eigenvalue weighted by atomic mass is 79.9. The number of β-amino-alcohol motifs (C(OH)–C–C–N with tert-alkyl or cyclic N) is 1. The summed E-state index contributed by atoms with van der Waals surface area (Å²) in [5.74, 6) is -1.58. The molecule has 0 aliphatic carbocycles. The first-order valence-electron chi connectivity index (χ1n) is 4.95. The van der Waals surface area contributed by atoms with Crippen LogP contribution in [-0.2, 0) is 4.79 Å². The van der Waals surface area contributed by atoms with E-state index in [9.17, 15) is 14.7 Å². The van der Waals surface area contributed by atoms with Crippen molar-refractivity contribution >= 4 is 27.8 Å². The van der Waals surface area contributed by atoms with Crippen LogP contribution in [-0.4, -0.2) is 45.7 Å². The number of likely N-dealkylation sites (tertiary alicyclic amines) is 1. The van der Waals surface area contributed by atoms with Crippen molar-refractivity contribution in [3.63, 3.8) is 0 Å². The fraction of sp³-hybridized carbons (Fsp3) is 0.400. The van der Waals surface area contributed by atoms with E-state index in [0.29, 0.717) is 0 Å². The number of rotatable bonds is 2. The summed E-state index contributed by atoms with van der Waals surface area (Å²) in [5, 5.41) is 18.4. The number of amides is 1. The van der Waals surface area contributed by atoms with E-state index in [0.717, 1.165) is 4.90 Å². The zero-order valence-corrected chi connectivity index (χ0v) is 10.3. The fourth-order valence-corrected chi connectivity index (χ4v) is 2.28. The van der Waals surface area contributed by atoms with Gasteiger partial charge >= 0.3 is 5.97 Å². The van der Waals surface area contributed by atoms with Gasteiger partial charge in [-0.1, -0.05) is 0 Å². The number of carboxylic acid groups (broad SMARTS) is 1. The zero-order chi connectivity index (χ0) is 12.6. The van der Waals surface area contributed by atoms with Gasteiger partial charge in [0.15, 0.2) is 4.67 Å². The van der Waals surface area contributed by atoms with Crippen LogP contribution in [0.1, 0.15) is 16.8 Å². The maximum Gasteiger partial charge on any atom is 0.326 e. The summed E-state index contributed by atoms with van der Waals surface area (Å²) in [4.78, 5) is 24.2. The molecular formula is C10H10BrNO5.